The number of hydrogen-bond acceptors (Lipinski definition) is 1. The van der Waals surface area contributed by atoms with Crippen molar-refractivity contribution >= 4 is 11.6 Å². The van der Waals surface area contributed by atoms with Crippen molar-refractivity contribution in [1.29, 1.82) is 0 Å². The number of amides is 1. The van der Waals surface area contributed by atoms with E-state index in [0.29, 0.717) is 17.8 Å². The molecule has 4 atom stereocenters. The SMILES string of the molecule is CCC(C)CC1=CC=CC2=C3CC(Cc4ccc5c(c4)NC(=O)C5(C)C)=C(C)C3C(C)C2C1. The third-order valence-electron chi connectivity index (χ3n) is 9.12. The smallest absolute Gasteiger partial charge is 0.234 e. The average molecular weight is 442 g/mol. The Labute approximate surface area is 199 Å². The van der Waals surface area contributed by atoms with Gasteiger partial charge in [0.05, 0.1) is 5.41 Å². The van der Waals surface area contributed by atoms with Crippen molar-refractivity contribution in [2.45, 2.75) is 79.1 Å². The number of benzene rings is 1. The molecule has 0 saturated heterocycles. The molecular formula is C31H39NO. The van der Waals surface area contributed by atoms with Gasteiger partial charge in [0.25, 0.3) is 0 Å². The fraction of sp³-hybridized carbons (Fsp3) is 0.516. The molecule has 0 radical (unpaired) electrons. The average Bonchev–Trinajstić information content (AvgIpc) is 3.22. The quantitative estimate of drug-likeness (QED) is 0.466. The fourth-order valence-electron chi connectivity index (χ4n) is 6.81. The molecule has 4 unspecified atom stereocenters. The van der Waals surface area contributed by atoms with Crippen LogP contribution in [0, 0.1) is 23.7 Å². The highest BCUT2D eigenvalue weighted by molar-refractivity contribution is 6.05. The zero-order valence-corrected chi connectivity index (χ0v) is 21.2. The molecule has 0 spiro atoms. The summed E-state index contributed by atoms with van der Waals surface area (Å²) in [5.41, 5.74) is 11.1. The van der Waals surface area contributed by atoms with Crippen LogP contribution in [0.3, 0.4) is 0 Å². The molecule has 0 fully saturated rings. The number of carbonyl (C=O) groups is 1. The van der Waals surface area contributed by atoms with Gasteiger partial charge in [-0.05, 0) is 87.0 Å². The lowest BCUT2D eigenvalue weighted by atomic mass is 9.80. The normalized spacial score (nSPS) is 28.4. The van der Waals surface area contributed by atoms with Crippen LogP contribution in [-0.2, 0) is 16.6 Å². The second-order valence-corrected chi connectivity index (χ2v) is 11.6. The molecule has 2 heteroatoms. The van der Waals surface area contributed by atoms with Crippen molar-refractivity contribution in [1.82, 2.24) is 0 Å². The van der Waals surface area contributed by atoms with E-state index in [0.717, 1.165) is 30.0 Å². The van der Waals surface area contributed by atoms with Crippen LogP contribution in [0.1, 0.15) is 78.4 Å². The van der Waals surface area contributed by atoms with Crippen LogP contribution >= 0.6 is 0 Å². The summed E-state index contributed by atoms with van der Waals surface area (Å²) in [6, 6.07) is 6.60. The van der Waals surface area contributed by atoms with E-state index in [4.69, 9.17) is 0 Å². The van der Waals surface area contributed by atoms with E-state index in [1.807, 2.05) is 13.8 Å². The lowest BCUT2D eigenvalue weighted by Crippen LogP contribution is -2.26. The third kappa shape index (κ3) is 3.66. The van der Waals surface area contributed by atoms with Crippen molar-refractivity contribution in [3.05, 3.63) is 75.4 Å². The van der Waals surface area contributed by atoms with Gasteiger partial charge >= 0.3 is 0 Å². The fourth-order valence-corrected chi connectivity index (χ4v) is 6.81. The Morgan fingerprint density at radius 1 is 1.24 bits per heavy atom. The number of anilines is 1. The molecule has 0 saturated carbocycles. The van der Waals surface area contributed by atoms with Crippen molar-refractivity contribution in [3.8, 4) is 0 Å². The van der Waals surface area contributed by atoms with Gasteiger partial charge in [-0.2, -0.15) is 0 Å². The van der Waals surface area contributed by atoms with Gasteiger partial charge in [-0.3, -0.25) is 4.79 Å². The first-order chi connectivity index (χ1) is 15.7. The van der Waals surface area contributed by atoms with Crippen LogP contribution in [0.5, 0.6) is 0 Å². The summed E-state index contributed by atoms with van der Waals surface area (Å²) in [6.07, 6.45) is 13.0. The number of hydrogen-bond donors (Lipinski definition) is 1. The Hall–Kier alpha value is -2.35. The first-order valence-electron chi connectivity index (χ1n) is 12.9. The second kappa shape index (κ2) is 8.15. The summed E-state index contributed by atoms with van der Waals surface area (Å²) in [5, 5.41) is 3.10. The highest BCUT2D eigenvalue weighted by atomic mass is 16.2. The van der Waals surface area contributed by atoms with Gasteiger partial charge in [0.2, 0.25) is 5.91 Å². The summed E-state index contributed by atoms with van der Waals surface area (Å²) in [7, 11) is 0. The summed E-state index contributed by atoms with van der Waals surface area (Å²) >= 11 is 0. The van der Waals surface area contributed by atoms with E-state index in [9.17, 15) is 4.79 Å². The van der Waals surface area contributed by atoms with Crippen molar-refractivity contribution < 1.29 is 4.79 Å². The van der Waals surface area contributed by atoms with Gasteiger partial charge in [0, 0.05) is 11.6 Å². The van der Waals surface area contributed by atoms with Crippen LogP contribution in [0.15, 0.2) is 64.3 Å². The number of nitrogens with one attached hydrogen (secondary N) is 1. The topological polar surface area (TPSA) is 29.1 Å². The van der Waals surface area contributed by atoms with E-state index < -0.39 is 5.41 Å². The van der Waals surface area contributed by atoms with Gasteiger partial charge in [-0.15, -0.1) is 0 Å². The molecule has 1 aromatic carbocycles. The van der Waals surface area contributed by atoms with E-state index >= 15 is 0 Å². The molecule has 5 rings (SSSR count). The van der Waals surface area contributed by atoms with Crippen molar-refractivity contribution in [3.63, 3.8) is 0 Å². The molecule has 1 amide bonds. The van der Waals surface area contributed by atoms with Gasteiger partial charge in [0.15, 0.2) is 0 Å². The summed E-state index contributed by atoms with van der Waals surface area (Å²) in [4.78, 5) is 12.4. The number of fused-ring (bicyclic) bond motifs is 3. The van der Waals surface area contributed by atoms with E-state index in [-0.39, 0.29) is 5.91 Å². The first-order valence-corrected chi connectivity index (χ1v) is 12.9. The first kappa shape index (κ1) is 22.4. The van der Waals surface area contributed by atoms with Crippen molar-refractivity contribution in [2.75, 3.05) is 5.32 Å². The number of carbonyl (C=O) groups excluding carboxylic acids is 1. The molecule has 0 bridgehead atoms. The Bertz CT molecular complexity index is 1130. The van der Waals surface area contributed by atoms with Crippen molar-refractivity contribution in [2.24, 2.45) is 23.7 Å². The van der Waals surface area contributed by atoms with Crippen LogP contribution in [0.2, 0.25) is 0 Å². The Morgan fingerprint density at radius 2 is 2.03 bits per heavy atom. The Kier molecular flexibility index (Phi) is 5.54. The molecule has 1 heterocycles. The predicted molar refractivity (Wildman–Crippen MR) is 138 cm³/mol. The molecular weight excluding hydrogens is 402 g/mol. The summed E-state index contributed by atoms with van der Waals surface area (Å²) in [5.74, 6) is 2.84. The maximum Gasteiger partial charge on any atom is 0.234 e. The minimum atomic E-state index is -0.433. The van der Waals surface area contributed by atoms with Crippen LogP contribution in [0.4, 0.5) is 5.69 Å². The number of rotatable bonds is 5. The summed E-state index contributed by atoms with van der Waals surface area (Å²) < 4.78 is 0. The Balaban J connectivity index is 1.36. The van der Waals surface area contributed by atoms with Gasteiger partial charge in [-0.1, -0.05) is 79.8 Å². The molecule has 4 aliphatic rings. The highest BCUT2D eigenvalue weighted by Crippen LogP contribution is 2.55. The van der Waals surface area contributed by atoms with Gasteiger partial charge in [-0.25, -0.2) is 0 Å². The minimum Gasteiger partial charge on any atom is -0.325 e. The zero-order valence-electron chi connectivity index (χ0n) is 21.2. The standard InChI is InChI=1S/C31H39NO/c1-7-18(2)13-21-9-8-10-24-25(15-21)20(4)29-19(3)23(17-26(24)29)14-22-11-12-27-28(16-22)32-30(33)31(27,5)6/h8-12,16,18,20,25,29H,7,13-15,17H2,1-6H3,(H,32,33). The summed E-state index contributed by atoms with van der Waals surface area (Å²) in [6.45, 7) is 13.6. The number of allylic oxidation sites excluding steroid dienone is 8. The maximum atomic E-state index is 12.4. The van der Waals surface area contributed by atoms with E-state index in [1.165, 1.54) is 24.8 Å². The lowest BCUT2D eigenvalue weighted by molar-refractivity contribution is -0.119. The Morgan fingerprint density at radius 3 is 2.79 bits per heavy atom. The minimum absolute atomic E-state index is 0.105. The van der Waals surface area contributed by atoms with Crippen LogP contribution in [-0.4, -0.2) is 5.91 Å². The molecule has 1 aliphatic heterocycles. The molecule has 174 valence electrons. The maximum absolute atomic E-state index is 12.4. The lowest BCUT2D eigenvalue weighted by Gasteiger charge is -2.24. The molecule has 2 nitrogen and oxygen atoms in total. The molecule has 1 N–H and O–H groups in total. The van der Waals surface area contributed by atoms with Gasteiger partial charge in [0.1, 0.15) is 0 Å². The van der Waals surface area contributed by atoms with Crippen LogP contribution in [0.25, 0.3) is 0 Å². The largest absolute Gasteiger partial charge is 0.325 e. The molecule has 33 heavy (non-hydrogen) atoms. The third-order valence-corrected chi connectivity index (χ3v) is 9.12. The predicted octanol–water partition coefficient (Wildman–Crippen LogP) is 7.68. The second-order valence-electron chi connectivity index (χ2n) is 11.6. The monoisotopic (exact) mass is 441 g/mol. The van der Waals surface area contributed by atoms with Gasteiger partial charge < -0.3 is 5.32 Å². The van der Waals surface area contributed by atoms with E-state index in [1.54, 1.807) is 27.9 Å². The highest BCUT2D eigenvalue weighted by Gasteiger charge is 2.44. The molecule has 0 aromatic heterocycles. The molecule has 1 aromatic rings. The molecule has 3 aliphatic carbocycles. The van der Waals surface area contributed by atoms with E-state index in [2.05, 4.69) is 69.4 Å². The van der Waals surface area contributed by atoms with Crippen LogP contribution < -0.4 is 5.32 Å². The zero-order chi connectivity index (χ0) is 23.5.